The molecule has 0 fully saturated rings. The summed E-state index contributed by atoms with van der Waals surface area (Å²) < 4.78 is 10.3. The molecule has 0 atom stereocenters. The number of hydrogen-bond donors (Lipinski definition) is 0. The SMILES string of the molecule is COc1onc(-c2ccccc2)c1/C=C\C(=O)c1cccc([N+](=O)[O-])c1. The highest BCUT2D eigenvalue weighted by molar-refractivity contribution is 6.07. The van der Waals surface area contributed by atoms with Gasteiger partial charge in [0.15, 0.2) is 5.78 Å². The molecule has 7 heteroatoms. The van der Waals surface area contributed by atoms with Gasteiger partial charge >= 0.3 is 5.95 Å². The third-order valence-corrected chi connectivity index (χ3v) is 3.67. The van der Waals surface area contributed by atoms with Crippen molar-refractivity contribution in [2.45, 2.75) is 0 Å². The number of allylic oxidation sites excluding steroid dienone is 1. The van der Waals surface area contributed by atoms with Crippen LogP contribution in [-0.4, -0.2) is 23.0 Å². The summed E-state index contributed by atoms with van der Waals surface area (Å²) in [6, 6.07) is 14.9. The molecule has 130 valence electrons. The molecule has 0 bridgehead atoms. The fraction of sp³-hybridized carbons (Fsp3) is 0.0526. The fourth-order valence-corrected chi connectivity index (χ4v) is 2.41. The Bertz CT molecular complexity index is 977. The number of ether oxygens (including phenoxy) is 1. The number of methoxy groups -OCH3 is 1. The van der Waals surface area contributed by atoms with Gasteiger partial charge in [0.25, 0.3) is 5.69 Å². The Kier molecular flexibility index (Phi) is 4.89. The summed E-state index contributed by atoms with van der Waals surface area (Å²) in [6.07, 6.45) is 2.83. The number of aromatic nitrogens is 1. The molecule has 2 aromatic carbocycles. The Morgan fingerprint density at radius 3 is 2.65 bits per heavy atom. The van der Waals surface area contributed by atoms with Gasteiger partial charge in [-0.05, 0) is 12.2 Å². The quantitative estimate of drug-likeness (QED) is 0.287. The van der Waals surface area contributed by atoms with Crippen molar-refractivity contribution in [1.29, 1.82) is 0 Å². The fourth-order valence-electron chi connectivity index (χ4n) is 2.41. The standard InChI is InChI=1S/C19H14N2O5/c1-25-19-16(18(20-26-19)13-6-3-2-4-7-13)10-11-17(22)14-8-5-9-15(12-14)21(23)24/h2-12H,1H3/b11-10-. The number of non-ortho nitro benzene ring substituents is 1. The van der Waals surface area contributed by atoms with Gasteiger partial charge in [-0.25, -0.2) is 0 Å². The average molecular weight is 350 g/mol. The van der Waals surface area contributed by atoms with E-state index in [2.05, 4.69) is 5.16 Å². The van der Waals surface area contributed by atoms with Crippen molar-refractivity contribution in [3.05, 3.63) is 81.9 Å². The van der Waals surface area contributed by atoms with Crippen molar-refractivity contribution in [2.24, 2.45) is 0 Å². The van der Waals surface area contributed by atoms with Gasteiger partial charge in [-0.1, -0.05) is 47.6 Å². The van der Waals surface area contributed by atoms with E-state index in [-0.39, 0.29) is 23.0 Å². The van der Waals surface area contributed by atoms with Crippen LogP contribution >= 0.6 is 0 Å². The van der Waals surface area contributed by atoms with Gasteiger partial charge in [0.2, 0.25) is 0 Å². The Morgan fingerprint density at radius 2 is 1.96 bits per heavy atom. The second kappa shape index (κ2) is 7.43. The number of hydrogen-bond acceptors (Lipinski definition) is 6. The second-order valence-corrected chi connectivity index (χ2v) is 5.31. The van der Waals surface area contributed by atoms with Crippen LogP contribution in [0.25, 0.3) is 17.3 Å². The van der Waals surface area contributed by atoms with Gasteiger partial charge in [-0.3, -0.25) is 14.9 Å². The first-order chi connectivity index (χ1) is 12.6. The molecule has 0 saturated heterocycles. The van der Waals surface area contributed by atoms with E-state index in [4.69, 9.17) is 9.26 Å². The largest absolute Gasteiger partial charge is 0.467 e. The number of carbonyl (C=O) groups is 1. The number of rotatable bonds is 6. The normalized spacial score (nSPS) is 10.8. The number of benzene rings is 2. The second-order valence-electron chi connectivity index (χ2n) is 5.31. The maximum Gasteiger partial charge on any atom is 0.318 e. The lowest BCUT2D eigenvalue weighted by Crippen LogP contribution is -1.96. The Morgan fingerprint density at radius 1 is 1.19 bits per heavy atom. The monoisotopic (exact) mass is 350 g/mol. The summed E-state index contributed by atoms with van der Waals surface area (Å²) in [5, 5.41) is 14.8. The Hall–Kier alpha value is -3.74. The van der Waals surface area contributed by atoms with Crippen molar-refractivity contribution >= 4 is 17.5 Å². The molecule has 1 heterocycles. The third-order valence-electron chi connectivity index (χ3n) is 3.67. The van der Waals surface area contributed by atoms with Crippen LogP contribution in [0.2, 0.25) is 0 Å². The predicted molar refractivity (Wildman–Crippen MR) is 95.0 cm³/mol. The lowest BCUT2D eigenvalue weighted by Gasteiger charge is -1.99. The number of nitrogens with zero attached hydrogens (tertiary/aromatic N) is 2. The molecule has 0 saturated carbocycles. The van der Waals surface area contributed by atoms with Crippen LogP contribution in [-0.2, 0) is 0 Å². The average Bonchev–Trinajstić information content (AvgIpc) is 3.09. The summed E-state index contributed by atoms with van der Waals surface area (Å²) in [6.45, 7) is 0. The number of carbonyl (C=O) groups excluding carboxylic acids is 1. The highest BCUT2D eigenvalue weighted by Gasteiger charge is 2.16. The molecular formula is C19H14N2O5. The Labute approximate surface area is 148 Å². The molecule has 0 spiro atoms. The summed E-state index contributed by atoms with van der Waals surface area (Å²) >= 11 is 0. The van der Waals surface area contributed by atoms with Crippen LogP contribution in [0.5, 0.6) is 5.95 Å². The zero-order chi connectivity index (χ0) is 18.5. The molecule has 26 heavy (non-hydrogen) atoms. The molecule has 0 aliphatic heterocycles. The first-order valence-corrected chi connectivity index (χ1v) is 7.66. The summed E-state index contributed by atoms with van der Waals surface area (Å²) in [5.74, 6) is -0.206. The van der Waals surface area contributed by atoms with E-state index in [9.17, 15) is 14.9 Å². The van der Waals surface area contributed by atoms with E-state index in [1.165, 1.54) is 43.5 Å². The lowest BCUT2D eigenvalue weighted by molar-refractivity contribution is -0.384. The zero-order valence-corrected chi connectivity index (χ0v) is 13.8. The number of nitro benzene ring substituents is 1. The molecule has 0 N–H and O–H groups in total. The molecular weight excluding hydrogens is 336 g/mol. The van der Waals surface area contributed by atoms with Crippen molar-refractivity contribution in [3.8, 4) is 17.2 Å². The maximum atomic E-state index is 12.4. The third kappa shape index (κ3) is 3.51. The number of nitro groups is 1. The summed E-state index contributed by atoms with van der Waals surface area (Å²) in [4.78, 5) is 22.7. The molecule has 3 aromatic rings. The smallest absolute Gasteiger partial charge is 0.318 e. The van der Waals surface area contributed by atoms with Crippen LogP contribution in [0.4, 0.5) is 5.69 Å². The van der Waals surface area contributed by atoms with Gasteiger partial charge < -0.3 is 9.26 Å². The first-order valence-electron chi connectivity index (χ1n) is 7.66. The van der Waals surface area contributed by atoms with Crippen LogP contribution in [0.3, 0.4) is 0 Å². The number of ketones is 1. The van der Waals surface area contributed by atoms with E-state index in [1.54, 1.807) is 0 Å². The summed E-state index contributed by atoms with van der Waals surface area (Å²) in [5.41, 5.74) is 1.92. The molecule has 1 aromatic heterocycles. The molecule has 0 aliphatic carbocycles. The molecule has 0 aliphatic rings. The van der Waals surface area contributed by atoms with Gasteiger partial charge in [-0.15, -0.1) is 0 Å². The van der Waals surface area contributed by atoms with Gasteiger partial charge in [0.1, 0.15) is 5.69 Å². The van der Waals surface area contributed by atoms with E-state index >= 15 is 0 Å². The maximum absolute atomic E-state index is 12.4. The topological polar surface area (TPSA) is 95.5 Å². The first kappa shape index (κ1) is 17.1. The molecule has 3 rings (SSSR count). The lowest BCUT2D eigenvalue weighted by atomic mass is 10.1. The molecule has 0 unspecified atom stereocenters. The molecule has 7 nitrogen and oxygen atoms in total. The van der Waals surface area contributed by atoms with Crippen LogP contribution in [0.1, 0.15) is 15.9 Å². The van der Waals surface area contributed by atoms with Crippen LogP contribution in [0.15, 0.2) is 65.2 Å². The van der Waals surface area contributed by atoms with Crippen molar-refractivity contribution in [1.82, 2.24) is 5.16 Å². The van der Waals surface area contributed by atoms with E-state index in [0.717, 1.165) is 5.56 Å². The van der Waals surface area contributed by atoms with Gasteiger partial charge in [-0.2, -0.15) is 0 Å². The van der Waals surface area contributed by atoms with Crippen molar-refractivity contribution < 1.29 is 19.0 Å². The summed E-state index contributed by atoms with van der Waals surface area (Å²) in [7, 11) is 1.44. The molecule has 0 amide bonds. The minimum Gasteiger partial charge on any atom is -0.467 e. The minimum atomic E-state index is -0.545. The van der Waals surface area contributed by atoms with Crippen molar-refractivity contribution in [2.75, 3.05) is 7.11 Å². The van der Waals surface area contributed by atoms with Crippen LogP contribution in [0, 0.1) is 10.1 Å². The Balaban J connectivity index is 1.93. The van der Waals surface area contributed by atoms with E-state index in [1.807, 2.05) is 30.3 Å². The predicted octanol–water partition coefficient (Wildman–Crippen LogP) is 4.15. The van der Waals surface area contributed by atoms with Gasteiger partial charge in [0.05, 0.1) is 17.6 Å². The highest BCUT2D eigenvalue weighted by Crippen LogP contribution is 2.31. The zero-order valence-electron chi connectivity index (χ0n) is 13.8. The van der Waals surface area contributed by atoms with E-state index in [0.29, 0.717) is 11.3 Å². The minimum absolute atomic E-state index is 0.142. The highest BCUT2D eigenvalue weighted by atomic mass is 16.6. The van der Waals surface area contributed by atoms with Crippen LogP contribution < -0.4 is 4.74 Å². The van der Waals surface area contributed by atoms with Gasteiger partial charge in [0, 0.05) is 23.3 Å². The van der Waals surface area contributed by atoms with Crippen molar-refractivity contribution in [3.63, 3.8) is 0 Å². The molecule has 0 radical (unpaired) electrons. The van der Waals surface area contributed by atoms with E-state index < -0.39 is 4.92 Å².